The second-order valence-corrected chi connectivity index (χ2v) is 7.47. The molecule has 2 amide bonds. The molecular weight excluding hydrogens is 438 g/mol. The number of fused-ring (bicyclic) bond motifs is 1. The van der Waals surface area contributed by atoms with Crippen LogP contribution in [0.4, 0.5) is 11.4 Å². The predicted molar refractivity (Wildman–Crippen MR) is 129 cm³/mol. The number of esters is 1. The van der Waals surface area contributed by atoms with E-state index in [2.05, 4.69) is 10.6 Å². The maximum absolute atomic E-state index is 12.5. The maximum atomic E-state index is 12.5. The van der Waals surface area contributed by atoms with Gasteiger partial charge in [-0.3, -0.25) is 14.5 Å². The summed E-state index contributed by atoms with van der Waals surface area (Å²) in [5.41, 5.74) is 2.03. The fourth-order valence-electron chi connectivity index (χ4n) is 3.24. The number of carbonyl (C=O) groups is 3. The van der Waals surface area contributed by atoms with E-state index >= 15 is 0 Å². The first-order valence-electron chi connectivity index (χ1n) is 11.1. The van der Waals surface area contributed by atoms with Crippen LogP contribution in [0.3, 0.4) is 0 Å². The Kier molecular flexibility index (Phi) is 9.04. The summed E-state index contributed by atoms with van der Waals surface area (Å²) in [6.07, 6.45) is 3.00. The van der Waals surface area contributed by atoms with Gasteiger partial charge >= 0.3 is 5.97 Å². The molecule has 0 saturated carbocycles. The molecule has 9 heteroatoms. The van der Waals surface area contributed by atoms with Gasteiger partial charge < -0.3 is 24.8 Å². The Morgan fingerprint density at radius 2 is 1.53 bits per heavy atom. The number of rotatable bonds is 10. The van der Waals surface area contributed by atoms with Crippen LogP contribution >= 0.6 is 0 Å². The van der Waals surface area contributed by atoms with Crippen LogP contribution in [0.1, 0.15) is 19.4 Å². The van der Waals surface area contributed by atoms with Crippen molar-refractivity contribution in [2.75, 3.05) is 50.1 Å². The Morgan fingerprint density at radius 1 is 0.912 bits per heavy atom. The summed E-state index contributed by atoms with van der Waals surface area (Å²) < 4.78 is 15.9. The summed E-state index contributed by atoms with van der Waals surface area (Å²) in [6.45, 7) is 5.58. The van der Waals surface area contributed by atoms with Crippen LogP contribution in [0, 0.1) is 0 Å². The highest BCUT2D eigenvalue weighted by atomic mass is 16.6. The Morgan fingerprint density at radius 3 is 2.18 bits per heavy atom. The standard InChI is InChI=1S/C25H29N3O6/c1-3-28(17-24(30)27-20-10-11-21-22(15-20)34-14-13-33-21)16-23(29)26-19-8-5-18(6-9-19)7-12-25(31)32-4-2/h5-12,15H,3-4,13-14,16-17H2,1-2H3,(H,26,29)(H,27,30)/b12-7+. The number of ether oxygens (including phenoxy) is 3. The van der Waals surface area contributed by atoms with E-state index in [0.29, 0.717) is 49.2 Å². The summed E-state index contributed by atoms with van der Waals surface area (Å²) in [6, 6.07) is 12.3. The fourth-order valence-corrected chi connectivity index (χ4v) is 3.24. The van der Waals surface area contributed by atoms with Gasteiger partial charge in [-0.1, -0.05) is 19.1 Å². The van der Waals surface area contributed by atoms with Crippen molar-refractivity contribution < 1.29 is 28.6 Å². The number of anilines is 2. The van der Waals surface area contributed by atoms with E-state index < -0.39 is 5.97 Å². The third-order valence-corrected chi connectivity index (χ3v) is 4.90. The molecule has 0 unspecified atom stereocenters. The van der Waals surface area contributed by atoms with Gasteiger partial charge in [0.25, 0.3) is 0 Å². The summed E-state index contributed by atoms with van der Waals surface area (Å²) in [7, 11) is 0. The van der Waals surface area contributed by atoms with Gasteiger partial charge in [0.15, 0.2) is 11.5 Å². The van der Waals surface area contributed by atoms with Crippen molar-refractivity contribution in [3.8, 4) is 11.5 Å². The summed E-state index contributed by atoms with van der Waals surface area (Å²) in [5.74, 6) is 0.378. The van der Waals surface area contributed by atoms with E-state index in [4.69, 9.17) is 14.2 Å². The molecule has 0 bridgehead atoms. The topological polar surface area (TPSA) is 106 Å². The molecule has 3 rings (SSSR count). The highest BCUT2D eigenvalue weighted by molar-refractivity contribution is 5.95. The molecule has 0 aliphatic carbocycles. The van der Waals surface area contributed by atoms with Crippen molar-refractivity contribution in [3.63, 3.8) is 0 Å². The van der Waals surface area contributed by atoms with E-state index in [1.54, 1.807) is 60.4 Å². The number of hydrogen-bond donors (Lipinski definition) is 2. The monoisotopic (exact) mass is 467 g/mol. The van der Waals surface area contributed by atoms with Crippen molar-refractivity contribution in [2.45, 2.75) is 13.8 Å². The van der Waals surface area contributed by atoms with E-state index in [9.17, 15) is 14.4 Å². The zero-order chi connectivity index (χ0) is 24.3. The molecule has 0 atom stereocenters. The SMILES string of the molecule is CCOC(=O)/C=C/c1ccc(NC(=O)CN(CC)CC(=O)Nc2ccc3c(c2)OCCO3)cc1. The average molecular weight is 468 g/mol. The van der Waals surface area contributed by atoms with E-state index in [1.165, 1.54) is 6.08 Å². The molecular formula is C25H29N3O6. The molecule has 0 aromatic heterocycles. The van der Waals surface area contributed by atoms with Gasteiger partial charge in [0.05, 0.1) is 19.7 Å². The Labute approximate surface area is 198 Å². The van der Waals surface area contributed by atoms with E-state index in [-0.39, 0.29) is 24.9 Å². The molecule has 0 radical (unpaired) electrons. The minimum Gasteiger partial charge on any atom is -0.486 e. The molecule has 1 aliphatic heterocycles. The molecule has 2 N–H and O–H groups in total. The van der Waals surface area contributed by atoms with Crippen LogP contribution < -0.4 is 20.1 Å². The van der Waals surface area contributed by atoms with Crippen molar-refractivity contribution in [3.05, 3.63) is 54.1 Å². The second-order valence-electron chi connectivity index (χ2n) is 7.47. The van der Waals surface area contributed by atoms with Crippen LogP contribution in [0.2, 0.25) is 0 Å². The van der Waals surface area contributed by atoms with Crippen molar-refractivity contribution in [2.24, 2.45) is 0 Å². The normalized spacial score (nSPS) is 12.4. The molecule has 0 spiro atoms. The first kappa shape index (κ1) is 24.8. The lowest BCUT2D eigenvalue weighted by Gasteiger charge is -2.21. The lowest BCUT2D eigenvalue weighted by atomic mass is 10.2. The zero-order valence-electron chi connectivity index (χ0n) is 19.3. The first-order chi connectivity index (χ1) is 16.5. The summed E-state index contributed by atoms with van der Waals surface area (Å²) in [4.78, 5) is 38.1. The van der Waals surface area contributed by atoms with Gasteiger partial charge in [-0.2, -0.15) is 0 Å². The highest BCUT2D eigenvalue weighted by Gasteiger charge is 2.16. The Balaban J connectivity index is 1.47. The molecule has 1 aliphatic rings. The molecule has 2 aromatic rings. The third-order valence-electron chi connectivity index (χ3n) is 4.90. The predicted octanol–water partition coefficient (Wildman–Crippen LogP) is 2.93. The fraction of sp³-hybridized carbons (Fsp3) is 0.320. The second kappa shape index (κ2) is 12.4. The highest BCUT2D eigenvalue weighted by Crippen LogP contribution is 2.32. The van der Waals surface area contributed by atoms with Crippen LogP contribution in [0.25, 0.3) is 6.08 Å². The minimum absolute atomic E-state index is 0.0651. The van der Waals surface area contributed by atoms with Crippen molar-refractivity contribution in [1.82, 2.24) is 4.90 Å². The molecule has 1 heterocycles. The van der Waals surface area contributed by atoms with Gasteiger partial charge in [0, 0.05) is 23.5 Å². The molecule has 2 aromatic carbocycles. The van der Waals surface area contributed by atoms with Gasteiger partial charge in [-0.05, 0) is 49.4 Å². The smallest absolute Gasteiger partial charge is 0.330 e. The number of carbonyl (C=O) groups excluding carboxylic acids is 3. The molecule has 34 heavy (non-hydrogen) atoms. The number of benzene rings is 2. The zero-order valence-corrected chi connectivity index (χ0v) is 19.3. The quantitative estimate of drug-likeness (QED) is 0.409. The van der Waals surface area contributed by atoms with Gasteiger partial charge in [-0.25, -0.2) is 4.79 Å². The maximum Gasteiger partial charge on any atom is 0.330 e. The molecule has 0 fully saturated rings. The largest absolute Gasteiger partial charge is 0.486 e. The lowest BCUT2D eigenvalue weighted by molar-refractivity contribution is -0.137. The van der Waals surface area contributed by atoms with Gasteiger partial charge in [0.1, 0.15) is 13.2 Å². The number of hydrogen-bond acceptors (Lipinski definition) is 7. The van der Waals surface area contributed by atoms with Crippen LogP contribution in [-0.2, 0) is 19.1 Å². The number of nitrogens with zero attached hydrogens (tertiary/aromatic N) is 1. The number of nitrogens with one attached hydrogen (secondary N) is 2. The van der Waals surface area contributed by atoms with E-state index in [1.807, 2.05) is 6.92 Å². The van der Waals surface area contributed by atoms with Gasteiger partial charge in [0.2, 0.25) is 11.8 Å². The summed E-state index contributed by atoms with van der Waals surface area (Å²) in [5, 5.41) is 5.64. The number of amides is 2. The Bertz CT molecular complexity index is 1040. The van der Waals surface area contributed by atoms with E-state index in [0.717, 1.165) is 5.56 Å². The molecule has 0 saturated heterocycles. The average Bonchev–Trinajstić information content (AvgIpc) is 2.83. The van der Waals surface area contributed by atoms with Crippen molar-refractivity contribution >= 4 is 35.2 Å². The summed E-state index contributed by atoms with van der Waals surface area (Å²) >= 11 is 0. The van der Waals surface area contributed by atoms with Crippen molar-refractivity contribution in [1.29, 1.82) is 0 Å². The van der Waals surface area contributed by atoms with Gasteiger partial charge in [-0.15, -0.1) is 0 Å². The third kappa shape index (κ3) is 7.63. The van der Waals surface area contributed by atoms with Crippen LogP contribution in [-0.4, -0.2) is 62.1 Å². The Hall–Kier alpha value is -3.85. The number of likely N-dealkylation sites (N-methyl/N-ethyl adjacent to an activating group) is 1. The van der Waals surface area contributed by atoms with Crippen LogP contribution in [0.5, 0.6) is 11.5 Å². The first-order valence-corrected chi connectivity index (χ1v) is 11.1. The lowest BCUT2D eigenvalue weighted by Crippen LogP contribution is -2.38. The van der Waals surface area contributed by atoms with Crippen LogP contribution in [0.15, 0.2) is 48.5 Å². The molecule has 9 nitrogen and oxygen atoms in total. The minimum atomic E-state index is -0.405. The molecule has 180 valence electrons.